The van der Waals surface area contributed by atoms with Crippen molar-refractivity contribution < 1.29 is 4.52 Å². The molecule has 0 amide bonds. The molecule has 2 aromatic rings. The molecule has 1 aromatic heterocycles. The SMILES string of the molecule is Cl.NCC1CCCCN1Cc1nc(-c2ccccc2)no1. The van der Waals surface area contributed by atoms with Crippen molar-refractivity contribution >= 4 is 12.4 Å². The van der Waals surface area contributed by atoms with Gasteiger partial charge in [0.15, 0.2) is 0 Å². The standard InChI is InChI=1S/C15H20N4O.ClH/c16-10-13-8-4-5-9-19(13)11-14-17-15(18-20-14)12-6-2-1-3-7-12;/h1-3,6-7,13H,4-5,8-11,16H2;1H. The number of hydrogen-bond donors (Lipinski definition) is 1. The summed E-state index contributed by atoms with van der Waals surface area (Å²) in [6, 6.07) is 10.3. The van der Waals surface area contributed by atoms with E-state index in [1.807, 2.05) is 30.3 Å². The maximum Gasteiger partial charge on any atom is 0.241 e. The molecule has 21 heavy (non-hydrogen) atoms. The smallest absolute Gasteiger partial charge is 0.241 e. The molecule has 2 N–H and O–H groups in total. The molecule has 1 aliphatic rings. The lowest BCUT2D eigenvalue weighted by Crippen LogP contribution is -2.43. The minimum absolute atomic E-state index is 0. The average Bonchev–Trinajstić information content (AvgIpc) is 2.97. The van der Waals surface area contributed by atoms with Crippen LogP contribution in [0.5, 0.6) is 0 Å². The van der Waals surface area contributed by atoms with Gasteiger partial charge in [0.2, 0.25) is 11.7 Å². The fourth-order valence-electron chi connectivity index (χ4n) is 2.73. The molecule has 1 saturated heterocycles. The van der Waals surface area contributed by atoms with E-state index in [0.717, 1.165) is 18.5 Å². The van der Waals surface area contributed by atoms with Crippen LogP contribution in [0.2, 0.25) is 0 Å². The van der Waals surface area contributed by atoms with E-state index < -0.39 is 0 Å². The number of halogens is 1. The van der Waals surface area contributed by atoms with Crippen LogP contribution in [0.15, 0.2) is 34.9 Å². The predicted molar refractivity (Wildman–Crippen MR) is 84.1 cm³/mol. The van der Waals surface area contributed by atoms with Crippen LogP contribution in [0.3, 0.4) is 0 Å². The van der Waals surface area contributed by atoms with Gasteiger partial charge in [-0.2, -0.15) is 4.98 Å². The molecule has 1 atom stereocenters. The summed E-state index contributed by atoms with van der Waals surface area (Å²) in [5.41, 5.74) is 6.82. The fraction of sp³-hybridized carbons (Fsp3) is 0.467. The lowest BCUT2D eigenvalue weighted by Gasteiger charge is -2.33. The number of piperidine rings is 1. The number of nitrogens with two attached hydrogens (primary N) is 1. The Labute approximate surface area is 130 Å². The third kappa shape index (κ3) is 3.81. The number of benzene rings is 1. The van der Waals surface area contributed by atoms with Crippen LogP contribution in [0.4, 0.5) is 0 Å². The summed E-state index contributed by atoms with van der Waals surface area (Å²) >= 11 is 0. The zero-order chi connectivity index (χ0) is 13.8. The second-order valence-electron chi connectivity index (χ2n) is 5.23. The second kappa shape index (κ2) is 7.54. The first-order chi connectivity index (χ1) is 9.86. The summed E-state index contributed by atoms with van der Waals surface area (Å²) in [5, 5.41) is 4.06. The third-order valence-electron chi connectivity index (χ3n) is 3.86. The Balaban J connectivity index is 0.00000161. The van der Waals surface area contributed by atoms with Gasteiger partial charge in [-0.15, -0.1) is 12.4 Å². The number of aromatic nitrogens is 2. The van der Waals surface area contributed by atoms with Crippen LogP contribution in [-0.2, 0) is 6.54 Å². The molecule has 2 heterocycles. The summed E-state index contributed by atoms with van der Waals surface area (Å²) in [6.07, 6.45) is 3.64. The highest BCUT2D eigenvalue weighted by Gasteiger charge is 2.23. The van der Waals surface area contributed by atoms with Crippen molar-refractivity contribution in [2.24, 2.45) is 5.73 Å². The topological polar surface area (TPSA) is 68.2 Å². The summed E-state index contributed by atoms with van der Waals surface area (Å²) in [5.74, 6) is 1.33. The van der Waals surface area contributed by atoms with Crippen molar-refractivity contribution in [2.75, 3.05) is 13.1 Å². The zero-order valence-corrected chi connectivity index (χ0v) is 12.8. The molecular weight excluding hydrogens is 288 g/mol. The van der Waals surface area contributed by atoms with Crippen molar-refractivity contribution in [1.29, 1.82) is 0 Å². The Kier molecular flexibility index (Phi) is 5.73. The lowest BCUT2D eigenvalue weighted by atomic mass is 10.0. The van der Waals surface area contributed by atoms with Crippen LogP contribution in [-0.4, -0.2) is 34.2 Å². The molecule has 3 rings (SSSR count). The van der Waals surface area contributed by atoms with Crippen LogP contribution < -0.4 is 5.73 Å². The molecule has 5 nitrogen and oxygen atoms in total. The van der Waals surface area contributed by atoms with Crippen LogP contribution in [0, 0.1) is 0 Å². The normalized spacial score (nSPS) is 19.2. The van der Waals surface area contributed by atoms with E-state index in [1.54, 1.807) is 0 Å². The first-order valence-electron chi connectivity index (χ1n) is 7.19. The molecule has 1 aliphatic heterocycles. The fourth-order valence-corrected chi connectivity index (χ4v) is 2.73. The largest absolute Gasteiger partial charge is 0.338 e. The van der Waals surface area contributed by atoms with Crippen LogP contribution in [0.1, 0.15) is 25.2 Å². The van der Waals surface area contributed by atoms with Gasteiger partial charge < -0.3 is 10.3 Å². The van der Waals surface area contributed by atoms with E-state index in [4.69, 9.17) is 10.3 Å². The van der Waals surface area contributed by atoms with Gasteiger partial charge in [0.25, 0.3) is 0 Å². The Morgan fingerprint density at radius 1 is 1.24 bits per heavy atom. The summed E-state index contributed by atoms with van der Waals surface area (Å²) in [7, 11) is 0. The lowest BCUT2D eigenvalue weighted by molar-refractivity contribution is 0.128. The summed E-state index contributed by atoms with van der Waals surface area (Å²) < 4.78 is 5.37. The van der Waals surface area contributed by atoms with Gasteiger partial charge in [-0.3, -0.25) is 4.90 Å². The van der Waals surface area contributed by atoms with Crippen molar-refractivity contribution in [3.63, 3.8) is 0 Å². The molecule has 0 bridgehead atoms. The molecule has 1 fully saturated rings. The van der Waals surface area contributed by atoms with E-state index in [-0.39, 0.29) is 12.4 Å². The minimum atomic E-state index is 0. The highest BCUT2D eigenvalue weighted by atomic mass is 35.5. The average molecular weight is 309 g/mol. The van der Waals surface area contributed by atoms with Gasteiger partial charge in [0.1, 0.15) is 0 Å². The second-order valence-corrected chi connectivity index (χ2v) is 5.23. The molecule has 114 valence electrons. The Morgan fingerprint density at radius 2 is 2.05 bits per heavy atom. The molecule has 0 radical (unpaired) electrons. The number of nitrogens with zero attached hydrogens (tertiary/aromatic N) is 3. The van der Waals surface area contributed by atoms with E-state index in [0.29, 0.717) is 30.8 Å². The van der Waals surface area contributed by atoms with Gasteiger partial charge in [0.05, 0.1) is 6.54 Å². The quantitative estimate of drug-likeness (QED) is 0.939. The monoisotopic (exact) mass is 308 g/mol. The van der Waals surface area contributed by atoms with Crippen LogP contribution in [0.25, 0.3) is 11.4 Å². The van der Waals surface area contributed by atoms with Crippen molar-refractivity contribution in [2.45, 2.75) is 31.8 Å². The van der Waals surface area contributed by atoms with Crippen molar-refractivity contribution in [1.82, 2.24) is 15.0 Å². The van der Waals surface area contributed by atoms with Crippen LogP contribution >= 0.6 is 12.4 Å². The Morgan fingerprint density at radius 3 is 2.81 bits per heavy atom. The van der Waals surface area contributed by atoms with E-state index in [1.165, 1.54) is 12.8 Å². The molecule has 6 heteroatoms. The Hall–Kier alpha value is -1.43. The van der Waals surface area contributed by atoms with E-state index in [2.05, 4.69) is 15.0 Å². The summed E-state index contributed by atoms with van der Waals surface area (Å²) in [4.78, 5) is 6.84. The van der Waals surface area contributed by atoms with Crippen molar-refractivity contribution in [3.8, 4) is 11.4 Å². The first kappa shape index (κ1) is 15.9. The molecule has 1 aromatic carbocycles. The number of rotatable bonds is 4. The molecule has 1 unspecified atom stereocenters. The van der Waals surface area contributed by atoms with E-state index >= 15 is 0 Å². The maximum absolute atomic E-state index is 5.84. The van der Waals surface area contributed by atoms with Gasteiger partial charge in [0, 0.05) is 18.2 Å². The predicted octanol–water partition coefficient (Wildman–Crippen LogP) is 2.47. The highest BCUT2D eigenvalue weighted by Crippen LogP contribution is 2.20. The highest BCUT2D eigenvalue weighted by molar-refractivity contribution is 5.85. The third-order valence-corrected chi connectivity index (χ3v) is 3.86. The Bertz CT molecular complexity index is 546. The van der Waals surface area contributed by atoms with Gasteiger partial charge >= 0.3 is 0 Å². The molecular formula is C15H21ClN4O. The zero-order valence-electron chi connectivity index (χ0n) is 11.9. The molecule has 0 saturated carbocycles. The minimum Gasteiger partial charge on any atom is -0.338 e. The van der Waals surface area contributed by atoms with Gasteiger partial charge in [-0.1, -0.05) is 41.9 Å². The summed E-state index contributed by atoms with van der Waals surface area (Å²) in [6.45, 7) is 2.45. The molecule has 0 spiro atoms. The van der Waals surface area contributed by atoms with Crippen molar-refractivity contribution in [3.05, 3.63) is 36.2 Å². The molecule has 0 aliphatic carbocycles. The maximum atomic E-state index is 5.84. The van der Waals surface area contributed by atoms with Gasteiger partial charge in [-0.25, -0.2) is 0 Å². The first-order valence-corrected chi connectivity index (χ1v) is 7.19. The van der Waals surface area contributed by atoms with Gasteiger partial charge in [-0.05, 0) is 19.4 Å². The number of hydrogen-bond acceptors (Lipinski definition) is 5. The van der Waals surface area contributed by atoms with E-state index in [9.17, 15) is 0 Å². The number of likely N-dealkylation sites (tertiary alicyclic amines) is 1.